The van der Waals surface area contributed by atoms with Crippen LogP contribution in [-0.2, 0) is 31.1 Å². The van der Waals surface area contributed by atoms with Gasteiger partial charge in [0.2, 0.25) is 0 Å². The Kier molecular flexibility index (Phi) is 9.37. The van der Waals surface area contributed by atoms with E-state index in [-0.39, 0.29) is 24.8 Å². The molecule has 2 aliphatic carbocycles. The van der Waals surface area contributed by atoms with Crippen LogP contribution in [0.3, 0.4) is 0 Å². The van der Waals surface area contributed by atoms with Crippen molar-refractivity contribution in [1.82, 2.24) is 0 Å². The molecular weight excluding hydrogens is 583 g/mol. The molecule has 0 radical (unpaired) electrons. The van der Waals surface area contributed by atoms with Crippen LogP contribution in [0.5, 0.6) is 0 Å². The van der Waals surface area contributed by atoms with E-state index in [2.05, 4.69) is 93.2 Å². The van der Waals surface area contributed by atoms with E-state index >= 15 is 0 Å². The maximum atomic E-state index is 2.50. The average molecular weight is 616 g/mol. The molecule has 2 aromatic carbocycles. The number of benzene rings is 2. The van der Waals surface area contributed by atoms with E-state index < -0.39 is 8.07 Å². The smallest absolute Gasteiger partial charge is 1.00 e. The summed E-state index contributed by atoms with van der Waals surface area (Å²) in [6, 6.07) is 15.9. The van der Waals surface area contributed by atoms with Gasteiger partial charge in [0.05, 0.1) is 8.07 Å². The number of unbranched alkanes of at least 4 members (excludes halogenated alkanes) is 1. The van der Waals surface area contributed by atoms with Crippen molar-refractivity contribution in [3.8, 4) is 11.1 Å². The second kappa shape index (κ2) is 11.4. The number of hydrogen-bond acceptors (Lipinski definition) is 1. The summed E-state index contributed by atoms with van der Waals surface area (Å²) in [5, 5.41) is 6.47. The quantitative estimate of drug-likeness (QED) is 0.396. The van der Waals surface area contributed by atoms with Gasteiger partial charge >= 0.3 is 143 Å². The van der Waals surface area contributed by atoms with E-state index in [9.17, 15) is 0 Å². The van der Waals surface area contributed by atoms with E-state index in [1.54, 1.807) is 46.6 Å². The van der Waals surface area contributed by atoms with Crippen LogP contribution in [0.2, 0.25) is 13.1 Å². The second-order valence-electron chi connectivity index (χ2n) is 10.4. The molecule has 0 spiro atoms. The van der Waals surface area contributed by atoms with Crippen LogP contribution < -0.4 is 24.8 Å². The van der Waals surface area contributed by atoms with E-state index in [0.717, 1.165) is 5.54 Å². The van der Waals surface area contributed by atoms with Gasteiger partial charge in [-0.15, -0.1) is 0 Å². The number of halogens is 2. The van der Waals surface area contributed by atoms with Crippen molar-refractivity contribution in [3.05, 3.63) is 92.2 Å². The van der Waals surface area contributed by atoms with Crippen LogP contribution in [0.15, 0.2) is 64.4 Å². The summed E-state index contributed by atoms with van der Waals surface area (Å²) in [4.78, 5) is 0. The molecule has 7 rings (SSSR count). The minimum Gasteiger partial charge on any atom is -1.00 e. The fourth-order valence-electron chi connectivity index (χ4n) is 6.21. The third kappa shape index (κ3) is 4.94. The Morgan fingerprint density at radius 3 is 2.26 bits per heavy atom. The summed E-state index contributed by atoms with van der Waals surface area (Å²) in [6.07, 6.45) is 6.12. The molecule has 1 aromatic heterocycles. The van der Waals surface area contributed by atoms with Crippen LogP contribution in [0.4, 0.5) is 0 Å². The fourth-order valence-corrected chi connectivity index (χ4v) is 12.5. The summed E-state index contributed by atoms with van der Waals surface area (Å²) in [5.74, 6) is 0. The average Bonchev–Trinajstić information content (AvgIpc) is 3.50. The first-order valence-corrected chi connectivity index (χ1v) is 17.7. The molecule has 0 saturated carbocycles. The van der Waals surface area contributed by atoms with Crippen LogP contribution in [0.25, 0.3) is 22.4 Å². The molecule has 2 aliphatic heterocycles. The monoisotopic (exact) mass is 613 g/mol. The Labute approximate surface area is 244 Å². The predicted molar refractivity (Wildman–Crippen MR) is 144 cm³/mol. The minimum absolute atomic E-state index is 0. The van der Waals surface area contributed by atoms with Gasteiger partial charge in [0.15, 0.2) is 0 Å². The van der Waals surface area contributed by atoms with Crippen LogP contribution in [0.1, 0.15) is 70.6 Å². The number of thiophene rings is 1. The summed E-state index contributed by atoms with van der Waals surface area (Å²) < 4.78 is 0.649. The van der Waals surface area contributed by atoms with Gasteiger partial charge in [0.25, 0.3) is 0 Å². The van der Waals surface area contributed by atoms with Crippen molar-refractivity contribution < 1.29 is 49.5 Å². The number of hydrogen-bond donors (Lipinski definition) is 0. The first kappa shape index (κ1) is 28.9. The van der Waals surface area contributed by atoms with Crippen molar-refractivity contribution in [3.63, 3.8) is 0 Å². The Bertz CT molecular complexity index is 1270. The van der Waals surface area contributed by atoms with Crippen LogP contribution in [0, 0.1) is 0 Å². The third-order valence-electron chi connectivity index (χ3n) is 7.83. The largest absolute Gasteiger partial charge is 1.00 e. The second-order valence-corrected chi connectivity index (χ2v) is 17.1. The zero-order valence-electron chi connectivity index (χ0n) is 21.2. The maximum absolute atomic E-state index is 2.50. The number of aryl methyl sites for hydroxylation is 1. The van der Waals surface area contributed by atoms with Crippen LogP contribution in [-0.4, -0.2) is 8.07 Å². The van der Waals surface area contributed by atoms with Crippen LogP contribution >= 0.6 is 11.3 Å². The summed E-state index contributed by atoms with van der Waals surface area (Å²) in [5.41, 5.74) is 14.5. The Hall–Kier alpha value is -0.700. The van der Waals surface area contributed by atoms with Crippen molar-refractivity contribution in [2.45, 2.75) is 62.3 Å². The van der Waals surface area contributed by atoms with Gasteiger partial charge < -0.3 is 24.8 Å². The molecule has 2 unspecified atom stereocenters. The molecule has 3 aromatic rings. The van der Waals surface area contributed by atoms with Gasteiger partial charge in [-0.1, -0.05) is 23.9 Å². The first-order chi connectivity index (χ1) is 15.8. The maximum Gasteiger partial charge on any atom is -1.00 e. The predicted octanol–water partition coefficient (Wildman–Crippen LogP) is 3.13. The number of allylic oxidation sites excluding steroid dienone is 2. The van der Waals surface area contributed by atoms with Gasteiger partial charge in [-0.05, 0) is 28.8 Å². The Morgan fingerprint density at radius 2 is 1.63 bits per heavy atom. The van der Waals surface area contributed by atoms with E-state index in [0.29, 0.717) is 3.63 Å². The SMILES string of the molecule is CC1=C2c3cscc3C1[Si]2(C)C.CCCCc1ccc(-c2cccc3c2C=C(C)[CH]3[Zr+2])cc1.[Cl-].[Cl-]. The zero-order chi connectivity index (χ0) is 23.3. The molecule has 2 bridgehead atoms. The van der Waals surface area contributed by atoms with Gasteiger partial charge in [-0.2, -0.15) is 11.3 Å². The molecule has 0 amide bonds. The normalized spacial score (nSPS) is 19.9. The van der Waals surface area contributed by atoms with Gasteiger partial charge in [-0.25, -0.2) is 0 Å². The molecule has 0 N–H and O–H groups in total. The van der Waals surface area contributed by atoms with E-state index in [1.807, 2.05) is 11.3 Å². The number of rotatable bonds is 4. The number of fused-ring (bicyclic) bond motifs is 1. The van der Waals surface area contributed by atoms with E-state index in [4.69, 9.17) is 0 Å². The summed E-state index contributed by atoms with van der Waals surface area (Å²) in [7, 11) is -0.976. The molecule has 35 heavy (non-hydrogen) atoms. The molecule has 5 heteroatoms. The standard InChI is InChI=1S/C20H21.C10H12SSi.2ClH.Zr/c1-3-4-6-16-9-11-17(12-10-16)19-8-5-7-18-13-15(2)14-20(18)19;1-6-9-7-4-11-5-8(7)10(6)12(9,2)3;;;/h5,7-14H,3-4,6H2,1-2H3;4-5,9H,1-3H3;2*1H;/q;;;;+2/p-2. The minimum atomic E-state index is -0.976. The fraction of sp³-hybridized carbons (Fsp3) is 0.333. The van der Waals surface area contributed by atoms with Gasteiger partial charge in [0.1, 0.15) is 0 Å². The topological polar surface area (TPSA) is 0 Å². The zero-order valence-corrected chi connectivity index (χ0v) is 27.0. The van der Waals surface area contributed by atoms with Crippen molar-refractivity contribution in [2.75, 3.05) is 0 Å². The summed E-state index contributed by atoms with van der Waals surface area (Å²) in [6.45, 7) is 11.8. The molecule has 4 aliphatic rings. The molecule has 2 atom stereocenters. The first-order valence-electron chi connectivity index (χ1n) is 12.2. The molecule has 181 valence electrons. The van der Waals surface area contributed by atoms with Crippen molar-refractivity contribution in [2.24, 2.45) is 0 Å². The van der Waals surface area contributed by atoms with Crippen molar-refractivity contribution >= 4 is 30.7 Å². The summed E-state index contributed by atoms with van der Waals surface area (Å²) >= 11 is 3.46. The molecule has 0 saturated heterocycles. The third-order valence-corrected chi connectivity index (χ3v) is 14.6. The van der Waals surface area contributed by atoms with Gasteiger partial charge in [-0.3, -0.25) is 0 Å². The molecule has 0 fully saturated rings. The Morgan fingerprint density at radius 1 is 0.914 bits per heavy atom. The Balaban J connectivity index is 0.000000208. The van der Waals surface area contributed by atoms with Crippen molar-refractivity contribution in [1.29, 1.82) is 0 Å². The molecular formula is C30H33Cl2SSiZr. The molecule has 0 nitrogen and oxygen atoms in total. The van der Waals surface area contributed by atoms with Gasteiger partial charge in [0, 0.05) is 5.54 Å². The van der Waals surface area contributed by atoms with E-state index in [1.165, 1.54) is 52.7 Å². The molecule has 3 heterocycles.